The van der Waals surface area contributed by atoms with Gasteiger partial charge in [-0.05, 0) is 24.6 Å². The number of rotatable bonds is 5. The lowest BCUT2D eigenvalue weighted by Gasteiger charge is -2.06. The first-order chi connectivity index (χ1) is 9.65. The maximum atomic E-state index is 12.3. The number of aromatic amines is 1. The van der Waals surface area contributed by atoms with Gasteiger partial charge < -0.3 is 15.0 Å². The van der Waals surface area contributed by atoms with Gasteiger partial charge in [0.15, 0.2) is 5.43 Å². The number of benzene rings is 1. The summed E-state index contributed by atoms with van der Waals surface area (Å²) in [4.78, 5) is 26.8. The molecule has 0 saturated carbocycles. The molecule has 106 valence electrons. The molecule has 0 radical (unpaired) electrons. The molecule has 0 aliphatic rings. The molecule has 20 heavy (non-hydrogen) atoms. The van der Waals surface area contributed by atoms with Crippen molar-refractivity contribution >= 4 is 16.8 Å². The Balaban J connectivity index is 2.29. The fourth-order valence-corrected chi connectivity index (χ4v) is 2.01. The number of methoxy groups -OCH3 is 1. The summed E-state index contributed by atoms with van der Waals surface area (Å²) in [6.07, 6.45) is 2.90. The van der Waals surface area contributed by atoms with E-state index >= 15 is 0 Å². The lowest BCUT2D eigenvalue weighted by Crippen LogP contribution is -2.25. The molecule has 0 spiro atoms. The number of fused-ring (bicyclic) bond motifs is 1. The Kier molecular flexibility index (Phi) is 4.40. The number of amides is 1. The number of carbonyl (C=O) groups excluding carboxylic acids is 1. The highest BCUT2D eigenvalue weighted by molar-refractivity contribution is 5.80. The molecule has 0 aliphatic carbocycles. The third-order valence-electron chi connectivity index (χ3n) is 3.12. The van der Waals surface area contributed by atoms with Crippen LogP contribution in [-0.4, -0.2) is 18.0 Å². The van der Waals surface area contributed by atoms with Gasteiger partial charge in [0.1, 0.15) is 5.75 Å². The van der Waals surface area contributed by atoms with Gasteiger partial charge >= 0.3 is 0 Å². The monoisotopic (exact) mass is 274 g/mol. The number of pyridine rings is 1. The summed E-state index contributed by atoms with van der Waals surface area (Å²) >= 11 is 0. The molecule has 0 saturated heterocycles. The molecule has 5 nitrogen and oxygen atoms in total. The van der Waals surface area contributed by atoms with E-state index in [0.29, 0.717) is 23.1 Å². The van der Waals surface area contributed by atoms with Gasteiger partial charge in [-0.15, -0.1) is 0 Å². The zero-order chi connectivity index (χ0) is 14.5. The predicted octanol–water partition coefficient (Wildman–Crippen LogP) is 1.95. The summed E-state index contributed by atoms with van der Waals surface area (Å²) in [7, 11) is 1.56. The molecule has 0 bridgehead atoms. The molecule has 1 heterocycles. The van der Waals surface area contributed by atoms with Crippen LogP contribution in [0.3, 0.4) is 0 Å². The average molecular weight is 274 g/mol. The van der Waals surface area contributed by atoms with Gasteiger partial charge in [0.2, 0.25) is 5.91 Å². The van der Waals surface area contributed by atoms with E-state index in [1.165, 1.54) is 0 Å². The van der Waals surface area contributed by atoms with E-state index in [1.807, 2.05) is 6.92 Å². The zero-order valence-corrected chi connectivity index (χ0v) is 11.7. The van der Waals surface area contributed by atoms with Crippen molar-refractivity contribution in [3.8, 4) is 5.75 Å². The van der Waals surface area contributed by atoms with E-state index in [1.54, 1.807) is 31.5 Å². The number of nitrogens with one attached hydrogen (secondary N) is 2. The Hall–Kier alpha value is -2.30. The van der Waals surface area contributed by atoms with E-state index in [0.717, 1.165) is 11.9 Å². The smallest absolute Gasteiger partial charge is 0.220 e. The molecule has 2 N–H and O–H groups in total. The van der Waals surface area contributed by atoms with Crippen molar-refractivity contribution in [2.24, 2.45) is 0 Å². The predicted molar refractivity (Wildman–Crippen MR) is 77.9 cm³/mol. The number of H-pyrrole nitrogens is 1. The Labute approximate surface area is 117 Å². The summed E-state index contributed by atoms with van der Waals surface area (Å²) in [5.41, 5.74) is 1.20. The normalized spacial score (nSPS) is 10.5. The molecule has 2 aromatic rings. The second-order valence-corrected chi connectivity index (χ2v) is 4.58. The molecule has 0 unspecified atom stereocenters. The Morgan fingerprint density at radius 3 is 2.90 bits per heavy atom. The Morgan fingerprint density at radius 2 is 2.20 bits per heavy atom. The summed E-state index contributed by atoms with van der Waals surface area (Å²) in [5.74, 6) is 0.591. The van der Waals surface area contributed by atoms with Gasteiger partial charge in [0.25, 0.3) is 0 Å². The summed E-state index contributed by atoms with van der Waals surface area (Å²) < 4.78 is 5.12. The first kappa shape index (κ1) is 14.1. The van der Waals surface area contributed by atoms with Crippen molar-refractivity contribution in [2.45, 2.75) is 26.3 Å². The SMILES string of the molecule is CCCC(=O)NCc1c[nH]c2ccc(OC)cc2c1=O. The van der Waals surface area contributed by atoms with Crippen LogP contribution in [0.4, 0.5) is 0 Å². The standard InChI is InChI=1S/C15H18N2O3/c1-3-4-14(18)17-9-10-8-16-13-6-5-11(20-2)7-12(13)15(10)19/h5-8H,3-4,9H2,1-2H3,(H,16,19)(H,17,18). The topological polar surface area (TPSA) is 71.2 Å². The minimum atomic E-state index is -0.0885. The lowest BCUT2D eigenvalue weighted by molar-refractivity contribution is -0.121. The van der Waals surface area contributed by atoms with Gasteiger partial charge in [0.05, 0.1) is 7.11 Å². The van der Waals surface area contributed by atoms with Crippen molar-refractivity contribution in [3.63, 3.8) is 0 Å². The molecule has 0 fully saturated rings. The van der Waals surface area contributed by atoms with Crippen molar-refractivity contribution in [1.29, 1.82) is 0 Å². The molecule has 1 aromatic carbocycles. The van der Waals surface area contributed by atoms with E-state index in [2.05, 4.69) is 10.3 Å². The Morgan fingerprint density at radius 1 is 1.40 bits per heavy atom. The molecular weight excluding hydrogens is 256 g/mol. The maximum Gasteiger partial charge on any atom is 0.220 e. The zero-order valence-electron chi connectivity index (χ0n) is 11.7. The highest BCUT2D eigenvalue weighted by atomic mass is 16.5. The van der Waals surface area contributed by atoms with Crippen molar-refractivity contribution in [1.82, 2.24) is 10.3 Å². The van der Waals surface area contributed by atoms with Crippen molar-refractivity contribution in [2.75, 3.05) is 7.11 Å². The number of aromatic nitrogens is 1. The third-order valence-corrected chi connectivity index (χ3v) is 3.12. The second-order valence-electron chi connectivity index (χ2n) is 4.58. The molecule has 1 aromatic heterocycles. The molecule has 2 rings (SSSR count). The maximum absolute atomic E-state index is 12.3. The van der Waals surface area contributed by atoms with Crippen LogP contribution in [0.5, 0.6) is 5.75 Å². The van der Waals surface area contributed by atoms with Crippen LogP contribution in [0.1, 0.15) is 25.3 Å². The first-order valence-electron chi connectivity index (χ1n) is 6.60. The van der Waals surface area contributed by atoms with E-state index < -0.39 is 0 Å². The quantitative estimate of drug-likeness (QED) is 0.875. The summed E-state index contributed by atoms with van der Waals surface area (Å²) in [5, 5.41) is 3.31. The molecule has 0 aliphatic heterocycles. The molecule has 0 atom stereocenters. The molecule has 5 heteroatoms. The van der Waals surface area contributed by atoms with Crippen LogP contribution >= 0.6 is 0 Å². The summed E-state index contributed by atoms with van der Waals surface area (Å²) in [6.45, 7) is 2.18. The Bertz CT molecular complexity index is 676. The van der Waals surface area contributed by atoms with Gasteiger partial charge in [-0.3, -0.25) is 9.59 Å². The highest BCUT2D eigenvalue weighted by Gasteiger charge is 2.07. The molecule has 1 amide bonds. The first-order valence-corrected chi connectivity index (χ1v) is 6.60. The largest absolute Gasteiger partial charge is 0.497 e. The number of hydrogen-bond acceptors (Lipinski definition) is 3. The van der Waals surface area contributed by atoms with Gasteiger partial charge in [-0.2, -0.15) is 0 Å². The van der Waals surface area contributed by atoms with Gasteiger partial charge in [-0.1, -0.05) is 6.92 Å². The van der Waals surface area contributed by atoms with E-state index in [9.17, 15) is 9.59 Å². The van der Waals surface area contributed by atoms with Crippen molar-refractivity contribution < 1.29 is 9.53 Å². The molecular formula is C15H18N2O3. The van der Waals surface area contributed by atoms with Crippen molar-refractivity contribution in [3.05, 3.63) is 40.2 Å². The minimum Gasteiger partial charge on any atom is -0.497 e. The van der Waals surface area contributed by atoms with Gasteiger partial charge in [0, 0.05) is 35.6 Å². The van der Waals surface area contributed by atoms with Crippen LogP contribution in [0.25, 0.3) is 10.9 Å². The van der Waals surface area contributed by atoms with Gasteiger partial charge in [-0.25, -0.2) is 0 Å². The van der Waals surface area contributed by atoms with E-state index in [4.69, 9.17) is 4.74 Å². The van der Waals surface area contributed by atoms with Crippen LogP contribution in [0.2, 0.25) is 0 Å². The fraction of sp³-hybridized carbons (Fsp3) is 0.333. The third kappa shape index (κ3) is 2.99. The fourth-order valence-electron chi connectivity index (χ4n) is 2.01. The second kappa shape index (κ2) is 6.23. The average Bonchev–Trinajstić information content (AvgIpc) is 2.46. The number of carbonyl (C=O) groups is 1. The van der Waals surface area contributed by atoms with Crippen LogP contribution < -0.4 is 15.5 Å². The number of ether oxygens (including phenoxy) is 1. The van der Waals surface area contributed by atoms with Crippen LogP contribution in [0, 0.1) is 0 Å². The van der Waals surface area contributed by atoms with Crippen LogP contribution in [-0.2, 0) is 11.3 Å². The van der Waals surface area contributed by atoms with E-state index in [-0.39, 0.29) is 17.9 Å². The minimum absolute atomic E-state index is 0.0439. The van der Waals surface area contributed by atoms with Crippen LogP contribution in [0.15, 0.2) is 29.2 Å². The summed E-state index contributed by atoms with van der Waals surface area (Å²) in [6, 6.07) is 5.29. The highest BCUT2D eigenvalue weighted by Crippen LogP contribution is 2.16. The lowest BCUT2D eigenvalue weighted by atomic mass is 10.1. The number of hydrogen-bond donors (Lipinski definition) is 2.